The van der Waals surface area contributed by atoms with Crippen molar-refractivity contribution in [2.75, 3.05) is 32.1 Å². The van der Waals surface area contributed by atoms with Crippen LogP contribution in [-0.2, 0) is 33.5 Å². The molecule has 0 aromatic rings. The second-order valence-electron chi connectivity index (χ2n) is 9.78. The number of carboxylic acids is 3. The number of thioether (sulfide) groups is 1. The first-order valence-corrected chi connectivity index (χ1v) is 15.0. The first kappa shape index (κ1) is 36.6. The van der Waals surface area contributed by atoms with Gasteiger partial charge in [0.15, 0.2) is 0 Å². The van der Waals surface area contributed by atoms with Gasteiger partial charge in [-0.05, 0) is 25.7 Å². The Balaban J connectivity index is 0.000000421. The van der Waals surface area contributed by atoms with Gasteiger partial charge >= 0.3 is 23.9 Å². The molecule has 42 heavy (non-hydrogen) atoms. The highest BCUT2D eigenvalue weighted by molar-refractivity contribution is 8.00. The van der Waals surface area contributed by atoms with Gasteiger partial charge in [0.2, 0.25) is 11.8 Å². The largest absolute Gasteiger partial charge is 0.481 e. The molecule has 15 nitrogen and oxygen atoms in total. The van der Waals surface area contributed by atoms with Crippen LogP contribution in [-0.4, -0.2) is 106 Å². The molecule has 7 N–H and O–H groups in total. The van der Waals surface area contributed by atoms with Gasteiger partial charge in [-0.25, -0.2) is 4.79 Å². The van der Waals surface area contributed by atoms with E-state index in [4.69, 9.17) is 20.1 Å². The van der Waals surface area contributed by atoms with E-state index < -0.39 is 17.9 Å². The van der Waals surface area contributed by atoms with Crippen molar-refractivity contribution in [3.05, 3.63) is 0 Å². The molecule has 16 heteroatoms. The van der Waals surface area contributed by atoms with Crippen LogP contribution in [0.4, 0.5) is 4.79 Å². The summed E-state index contributed by atoms with van der Waals surface area (Å²) in [5.74, 6) is -2.68. The molecule has 2 aliphatic heterocycles. The number of urea groups is 1. The normalized spacial score (nSPS) is 18.5. The zero-order chi connectivity index (χ0) is 31.3. The van der Waals surface area contributed by atoms with E-state index in [9.17, 15) is 33.6 Å². The Labute approximate surface area is 248 Å². The number of aliphatic carboxylic acids is 3. The fourth-order valence-electron chi connectivity index (χ4n) is 4.11. The number of rotatable bonds is 21. The second kappa shape index (κ2) is 21.3. The first-order chi connectivity index (χ1) is 20.0. The van der Waals surface area contributed by atoms with Crippen molar-refractivity contribution in [1.82, 2.24) is 21.3 Å². The molecule has 2 fully saturated rings. The Bertz CT molecular complexity index is 898. The SMILES string of the molecule is O=C(O)CCC(=O)CCCCOCCNC(=O)CCC(=O)O.O=C(O)CNC(=O)CCCC[C@@H]1SC[C@@H]2NC(=O)N[C@@H]21. The maximum absolute atomic E-state index is 11.3. The number of carboxylic acid groups (broad SMARTS) is 3. The fourth-order valence-corrected chi connectivity index (χ4v) is 5.65. The number of carbonyl (C=O) groups is 7. The summed E-state index contributed by atoms with van der Waals surface area (Å²) in [4.78, 5) is 75.8. The number of carbonyl (C=O) groups excluding carboxylic acids is 4. The molecule has 0 aromatic heterocycles. The third kappa shape index (κ3) is 18.1. The molecule has 0 unspecified atom stereocenters. The van der Waals surface area contributed by atoms with Gasteiger partial charge in [0.05, 0.1) is 31.5 Å². The lowest BCUT2D eigenvalue weighted by Crippen LogP contribution is -2.36. The minimum atomic E-state index is -1.03. The lowest BCUT2D eigenvalue weighted by molar-refractivity contribution is -0.139. The Kier molecular flexibility index (Phi) is 18.6. The number of fused-ring (bicyclic) bond motifs is 1. The van der Waals surface area contributed by atoms with Gasteiger partial charge in [0, 0.05) is 49.8 Å². The van der Waals surface area contributed by atoms with E-state index in [2.05, 4.69) is 21.3 Å². The average molecular weight is 619 g/mol. The van der Waals surface area contributed by atoms with E-state index in [1.54, 1.807) is 0 Å². The van der Waals surface area contributed by atoms with E-state index >= 15 is 0 Å². The van der Waals surface area contributed by atoms with Crippen LogP contribution in [0.15, 0.2) is 0 Å². The molecule has 238 valence electrons. The van der Waals surface area contributed by atoms with E-state index in [-0.39, 0.29) is 67.9 Å². The van der Waals surface area contributed by atoms with Gasteiger partial charge in [-0.1, -0.05) is 6.42 Å². The summed E-state index contributed by atoms with van der Waals surface area (Å²) >= 11 is 1.85. The molecule has 0 bridgehead atoms. The summed E-state index contributed by atoms with van der Waals surface area (Å²) in [5.41, 5.74) is 0. The van der Waals surface area contributed by atoms with Gasteiger partial charge in [-0.3, -0.25) is 28.8 Å². The smallest absolute Gasteiger partial charge is 0.322 e. The van der Waals surface area contributed by atoms with Gasteiger partial charge in [0.1, 0.15) is 12.3 Å². The average Bonchev–Trinajstić information content (AvgIpc) is 3.48. The quantitative estimate of drug-likeness (QED) is 0.0688. The summed E-state index contributed by atoms with van der Waals surface area (Å²) in [6.07, 6.45) is 4.32. The van der Waals surface area contributed by atoms with E-state index in [0.717, 1.165) is 25.0 Å². The number of nitrogens with one attached hydrogen (secondary N) is 4. The zero-order valence-corrected chi connectivity index (χ0v) is 24.4. The van der Waals surface area contributed by atoms with E-state index in [0.29, 0.717) is 50.7 Å². The molecule has 0 radical (unpaired) electrons. The molecule has 0 aromatic carbocycles. The van der Waals surface area contributed by atoms with Crippen molar-refractivity contribution in [1.29, 1.82) is 0 Å². The molecule has 0 aliphatic carbocycles. The maximum Gasteiger partial charge on any atom is 0.322 e. The number of unbranched alkanes of at least 4 members (excludes halogenated alkanes) is 2. The number of ketones is 1. The number of hydrogen-bond acceptors (Lipinski definition) is 9. The standard InChI is InChI=1S/C14H23NO7.C12H19N3O4S/c16-11(4-6-13(18)19)3-1-2-9-22-10-8-15-12(17)5-7-14(20)21;16-9(13-5-10(17)18)4-2-1-3-8-11-7(6-20-8)14-12(19)15-11/h1-10H2,(H,15,17)(H,18,19)(H,20,21);7-8,11H,1-6H2,(H,13,16)(H,17,18)(H2,14,15,19)/t;7-,8-,11-/m.0/s1. The predicted octanol–water partition coefficient (Wildman–Crippen LogP) is 0.501. The Hall–Kier alpha value is -3.40. The van der Waals surface area contributed by atoms with Crippen LogP contribution < -0.4 is 21.3 Å². The van der Waals surface area contributed by atoms with Gasteiger partial charge < -0.3 is 41.3 Å². The molecule has 0 saturated carbocycles. The van der Waals surface area contributed by atoms with E-state index in [1.807, 2.05) is 11.8 Å². The minimum Gasteiger partial charge on any atom is -0.481 e. The Morgan fingerprint density at radius 3 is 2.12 bits per heavy atom. The van der Waals surface area contributed by atoms with Crippen LogP contribution in [0.3, 0.4) is 0 Å². The van der Waals surface area contributed by atoms with Crippen LogP contribution in [0, 0.1) is 0 Å². The molecular weight excluding hydrogens is 576 g/mol. The van der Waals surface area contributed by atoms with Crippen LogP contribution >= 0.6 is 11.8 Å². The van der Waals surface area contributed by atoms with Crippen molar-refractivity contribution in [3.63, 3.8) is 0 Å². The first-order valence-electron chi connectivity index (χ1n) is 13.9. The van der Waals surface area contributed by atoms with Gasteiger partial charge in [-0.15, -0.1) is 0 Å². The van der Waals surface area contributed by atoms with Gasteiger partial charge in [0.25, 0.3) is 0 Å². The summed E-state index contributed by atoms with van der Waals surface area (Å²) in [6, 6.07) is 0.350. The van der Waals surface area contributed by atoms with Crippen LogP contribution in [0.25, 0.3) is 0 Å². The summed E-state index contributed by atoms with van der Waals surface area (Å²) < 4.78 is 5.25. The molecule has 3 atom stereocenters. The second-order valence-corrected chi connectivity index (χ2v) is 11.1. The minimum absolute atomic E-state index is 0.0478. The monoisotopic (exact) mass is 618 g/mol. The van der Waals surface area contributed by atoms with Crippen molar-refractivity contribution < 1.29 is 53.6 Å². The summed E-state index contributed by atoms with van der Waals surface area (Å²) in [7, 11) is 0. The number of amides is 4. The highest BCUT2D eigenvalue weighted by Crippen LogP contribution is 2.33. The lowest BCUT2D eigenvalue weighted by Gasteiger charge is -2.16. The highest BCUT2D eigenvalue weighted by atomic mass is 32.2. The third-order valence-corrected chi connectivity index (χ3v) is 7.77. The summed E-state index contributed by atoms with van der Waals surface area (Å²) in [5, 5.41) is 36.4. The Morgan fingerprint density at radius 1 is 0.762 bits per heavy atom. The molecule has 2 rings (SSSR count). The number of ether oxygens (including phenoxy) is 1. The Morgan fingerprint density at radius 2 is 1.43 bits per heavy atom. The molecule has 4 amide bonds. The maximum atomic E-state index is 11.3. The van der Waals surface area contributed by atoms with Crippen LogP contribution in [0.5, 0.6) is 0 Å². The van der Waals surface area contributed by atoms with Crippen molar-refractivity contribution in [2.45, 2.75) is 88.0 Å². The zero-order valence-electron chi connectivity index (χ0n) is 23.6. The molecule has 0 spiro atoms. The third-order valence-electron chi connectivity index (χ3n) is 6.26. The molecule has 2 heterocycles. The molecule has 2 saturated heterocycles. The lowest BCUT2D eigenvalue weighted by atomic mass is 10.0. The van der Waals surface area contributed by atoms with Gasteiger partial charge in [-0.2, -0.15) is 11.8 Å². The van der Waals surface area contributed by atoms with Crippen LogP contribution in [0.1, 0.15) is 70.6 Å². The van der Waals surface area contributed by atoms with Crippen LogP contribution in [0.2, 0.25) is 0 Å². The topological polar surface area (TPSA) is 238 Å². The predicted molar refractivity (Wildman–Crippen MR) is 151 cm³/mol. The van der Waals surface area contributed by atoms with Crippen molar-refractivity contribution >= 4 is 53.3 Å². The fraction of sp³-hybridized carbons (Fsp3) is 0.731. The molecule has 2 aliphatic rings. The number of Topliss-reactive ketones (excluding diaryl/α,β-unsaturated/α-hetero) is 1. The van der Waals surface area contributed by atoms with Crippen molar-refractivity contribution in [2.24, 2.45) is 0 Å². The molecular formula is C26H42N4O11S. The summed E-state index contributed by atoms with van der Waals surface area (Å²) in [6.45, 7) is 0.776. The number of hydrogen-bond donors (Lipinski definition) is 7. The highest BCUT2D eigenvalue weighted by Gasteiger charge is 2.42. The van der Waals surface area contributed by atoms with E-state index in [1.165, 1.54) is 0 Å². The van der Waals surface area contributed by atoms with Crippen molar-refractivity contribution in [3.8, 4) is 0 Å².